The van der Waals surface area contributed by atoms with Crippen LogP contribution in [0.4, 0.5) is 19.0 Å². The highest BCUT2D eigenvalue weighted by molar-refractivity contribution is 5.93. The van der Waals surface area contributed by atoms with Crippen LogP contribution >= 0.6 is 0 Å². The number of rotatable bonds is 4. The van der Waals surface area contributed by atoms with Crippen molar-refractivity contribution in [1.82, 2.24) is 4.98 Å². The van der Waals surface area contributed by atoms with Crippen LogP contribution < -0.4 is 4.90 Å². The van der Waals surface area contributed by atoms with Crippen molar-refractivity contribution in [3.8, 4) is 0 Å². The van der Waals surface area contributed by atoms with Gasteiger partial charge in [0, 0.05) is 11.7 Å². The van der Waals surface area contributed by atoms with E-state index in [1.807, 2.05) is 0 Å². The topological polar surface area (TPSA) is 53.4 Å². The molecule has 0 saturated heterocycles. The predicted octanol–water partition coefficient (Wildman–Crippen LogP) is 3.05. The van der Waals surface area contributed by atoms with Crippen molar-refractivity contribution < 1.29 is 23.1 Å². The van der Waals surface area contributed by atoms with Crippen molar-refractivity contribution in [2.24, 2.45) is 0 Å². The van der Waals surface area contributed by atoms with Crippen LogP contribution in [0.5, 0.6) is 0 Å². The Bertz CT molecular complexity index is 556. The van der Waals surface area contributed by atoms with E-state index in [0.29, 0.717) is 12.1 Å². The van der Waals surface area contributed by atoms with Crippen LogP contribution in [0.15, 0.2) is 6.07 Å². The second-order valence-corrected chi connectivity index (χ2v) is 5.46. The molecule has 21 heavy (non-hydrogen) atoms. The third kappa shape index (κ3) is 3.46. The molecule has 0 amide bonds. The van der Waals surface area contributed by atoms with Crippen molar-refractivity contribution in [3.05, 3.63) is 22.9 Å². The van der Waals surface area contributed by atoms with E-state index in [0.717, 1.165) is 23.3 Å². The molecule has 0 saturated carbocycles. The Labute approximate surface area is 120 Å². The first-order valence-corrected chi connectivity index (χ1v) is 6.78. The summed E-state index contributed by atoms with van der Waals surface area (Å²) in [7, 11) is 0. The zero-order valence-electron chi connectivity index (χ0n) is 11.9. The molecular weight excluding hydrogens is 285 g/mol. The Morgan fingerprint density at radius 1 is 1.43 bits per heavy atom. The number of aromatic carboxylic acids is 1. The maximum Gasteiger partial charge on any atom is 0.405 e. The molecule has 1 aromatic heterocycles. The lowest BCUT2D eigenvalue weighted by Gasteiger charge is -2.30. The lowest BCUT2D eigenvalue weighted by molar-refractivity contribution is -0.120. The molecule has 0 spiro atoms. The first-order chi connectivity index (χ1) is 9.69. The van der Waals surface area contributed by atoms with Gasteiger partial charge in [-0.25, -0.2) is 9.78 Å². The molecule has 7 heteroatoms. The summed E-state index contributed by atoms with van der Waals surface area (Å²) in [5.41, 5.74) is 1.38. The van der Waals surface area contributed by atoms with Gasteiger partial charge in [-0.2, -0.15) is 13.2 Å². The van der Waals surface area contributed by atoms with E-state index >= 15 is 0 Å². The van der Waals surface area contributed by atoms with Crippen molar-refractivity contribution >= 4 is 11.8 Å². The van der Waals surface area contributed by atoms with Crippen molar-refractivity contribution in [2.75, 3.05) is 11.4 Å². The van der Waals surface area contributed by atoms with Gasteiger partial charge >= 0.3 is 12.1 Å². The number of pyridine rings is 1. The summed E-state index contributed by atoms with van der Waals surface area (Å²) in [6, 6.07) is 0.968. The van der Waals surface area contributed by atoms with Gasteiger partial charge in [-0.15, -0.1) is 0 Å². The summed E-state index contributed by atoms with van der Waals surface area (Å²) < 4.78 is 38.2. The molecule has 1 heterocycles. The van der Waals surface area contributed by atoms with Gasteiger partial charge in [0.25, 0.3) is 0 Å². The Balaban J connectivity index is 2.50. The molecule has 4 nitrogen and oxygen atoms in total. The van der Waals surface area contributed by atoms with Gasteiger partial charge in [-0.1, -0.05) is 0 Å². The summed E-state index contributed by atoms with van der Waals surface area (Å²) in [5, 5.41) is 9.28. The number of nitrogens with zero attached hydrogens (tertiary/aromatic N) is 2. The van der Waals surface area contributed by atoms with Crippen LogP contribution in [0.1, 0.15) is 41.9 Å². The zero-order chi connectivity index (χ0) is 15.8. The summed E-state index contributed by atoms with van der Waals surface area (Å²) in [5.74, 6) is -1.34. The zero-order valence-corrected chi connectivity index (χ0v) is 11.9. The summed E-state index contributed by atoms with van der Waals surface area (Å²) in [6.07, 6.45) is -2.16. The lowest BCUT2D eigenvalue weighted by atomic mass is 10.1. The smallest absolute Gasteiger partial charge is 0.405 e. The third-order valence-corrected chi connectivity index (χ3v) is 3.51. The fourth-order valence-corrected chi connectivity index (χ4v) is 2.53. The summed E-state index contributed by atoms with van der Waals surface area (Å²) >= 11 is 0. The van der Waals surface area contributed by atoms with E-state index in [4.69, 9.17) is 0 Å². The molecule has 1 N–H and O–H groups in total. The monoisotopic (exact) mass is 302 g/mol. The molecular formula is C14H17F3N2O2. The number of carbonyl (C=O) groups is 1. The average molecular weight is 302 g/mol. The molecule has 0 bridgehead atoms. The number of fused-ring (bicyclic) bond motifs is 1. The number of hydrogen-bond donors (Lipinski definition) is 1. The first kappa shape index (κ1) is 15.6. The molecule has 0 fully saturated rings. The van der Waals surface area contributed by atoms with Gasteiger partial charge in [0.1, 0.15) is 17.9 Å². The van der Waals surface area contributed by atoms with E-state index in [2.05, 4.69) is 4.98 Å². The maximum absolute atomic E-state index is 12.7. The Kier molecular flexibility index (Phi) is 4.11. The average Bonchev–Trinajstić information content (AvgIpc) is 2.80. The fraction of sp³-hybridized carbons (Fsp3) is 0.571. The molecule has 0 atom stereocenters. The van der Waals surface area contributed by atoms with Gasteiger partial charge in [0.15, 0.2) is 0 Å². The Morgan fingerprint density at radius 3 is 2.62 bits per heavy atom. The van der Waals surface area contributed by atoms with E-state index < -0.39 is 24.7 Å². The van der Waals surface area contributed by atoms with Gasteiger partial charge < -0.3 is 10.0 Å². The van der Waals surface area contributed by atoms with Crippen LogP contribution in [0.25, 0.3) is 0 Å². The highest BCUT2D eigenvalue weighted by Crippen LogP contribution is 2.30. The van der Waals surface area contributed by atoms with Crippen LogP contribution in [0.3, 0.4) is 0 Å². The Hall–Kier alpha value is -1.79. The minimum Gasteiger partial charge on any atom is -0.478 e. The molecule has 0 radical (unpaired) electrons. The number of aryl methyl sites for hydroxylation is 2. The Morgan fingerprint density at radius 2 is 2.10 bits per heavy atom. The number of aromatic nitrogens is 1. The molecule has 0 aliphatic heterocycles. The minimum atomic E-state index is -4.42. The van der Waals surface area contributed by atoms with E-state index in [-0.39, 0.29) is 11.4 Å². The van der Waals surface area contributed by atoms with Gasteiger partial charge in [-0.3, -0.25) is 0 Å². The minimum absolute atomic E-state index is 0.0875. The SMILES string of the molecule is CC(C)N(CC(F)(F)F)c1nc2c(cc1C(=O)O)CCC2. The molecule has 1 aliphatic carbocycles. The first-order valence-electron chi connectivity index (χ1n) is 6.78. The number of alkyl halides is 3. The van der Waals surface area contributed by atoms with E-state index in [1.54, 1.807) is 13.8 Å². The maximum atomic E-state index is 12.7. The van der Waals surface area contributed by atoms with Crippen LogP contribution in [-0.4, -0.2) is 34.8 Å². The normalized spacial score (nSPS) is 14.4. The molecule has 0 aromatic carbocycles. The number of carboxylic acids is 1. The van der Waals surface area contributed by atoms with Crippen molar-refractivity contribution in [2.45, 2.75) is 45.3 Å². The van der Waals surface area contributed by atoms with Crippen LogP contribution in [-0.2, 0) is 12.8 Å². The number of carboxylic acid groups (broad SMARTS) is 1. The van der Waals surface area contributed by atoms with Crippen LogP contribution in [0.2, 0.25) is 0 Å². The third-order valence-electron chi connectivity index (χ3n) is 3.51. The molecule has 1 aromatic rings. The predicted molar refractivity (Wildman–Crippen MR) is 71.8 cm³/mol. The molecule has 1 aliphatic rings. The molecule has 2 rings (SSSR count). The van der Waals surface area contributed by atoms with Crippen LogP contribution in [0, 0.1) is 0 Å². The van der Waals surface area contributed by atoms with Crippen molar-refractivity contribution in [1.29, 1.82) is 0 Å². The van der Waals surface area contributed by atoms with Gasteiger partial charge in [-0.05, 0) is 44.7 Å². The number of anilines is 1. The highest BCUT2D eigenvalue weighted by atomic mass is 19.4. The standard InChI is InChI=1S/C14H17F3N2O2/c1-8(2)19(7-14(15,16)17)12-10(13(20)21)6-9-4-3-5-11(9)18-12/h6,8H,3-5,7H2,1-2H3,(H,20,21). The number of halogens is 3. The van der Waals surface area contributed by atoms with E-state index in [1.165, 1.54) is 6.07 Å². The second-order valence-electron chi connectivity index (χ2n) is 5.46. The summed E-state index contributed by atoms with van der Waals surface area (Å²) in [6.45, 7) is 1.97. The second kappa shape index (κ2) is 5.54. The fourth-order valence-electron chi connectivity index (χ4n) is 2.53. The highest BCUT2D eigenvalue weighted by Gasteiger charge is 2.35. The molecule has 116 valence electrons. The number of hydrogen-bond acceptors (Lipinski definition) is 3. The molecule has 0 unspecified atom stereocenters. The largest absolute Gasteiger partial charge is 0.478 e. The van der Waals surface area contributed by atoms with E-state index in [9.17, 15) is 23.1 Å². The van der Waals surface area contributed by atoms with Gasteiger partial charge in [0.05, 0.1) is 0 Å². The quantitative estimate of drug-likeness (QED) is 0.929. The van der Waals surface area contributed by atoms with Gasteiger partial charge in [0.2, 0.25) is 0 Å². The summed E-state index contributed by atoms with van der Waals surface area (Å²) in [4.78, 5) is 16.6. The lowest BCUT2D eigenvalue weighted by Crippen LogP contribution is -2.40. The van der Waals surface area contributed by atoms with Crippen molar-refractivity contribution in [3.63, 3.8) is 0 Å².